The van der Waals surface area contributed by atoms with E-state index < -0.39 is 11.2 Å². The molecular formula is C11H9Cl2N7O2. The van der Waals surface area contributed by atoms with Crippen LogP contribution in [0.5, 0.6) is 0 Å². The lowest BCUT2D eigenvalue weighted by molar-refractivity contribution is 0.709. The second-order valence-corrected chi connectivity index (χ2v) is 5.24. The van der Waals surface area contributed by atoms with Gasteiger partial charge in [0.2, 0.25) is 5.95 Å². The molecule has 22 heavy (non-hydrogen) atoms. The lowest BCUT2D eigenvalue weighted by Gasteiger charge is -2.02. The molecule has 3 aromatic rings. The molecule has 3 rings (SSSR count). The van der Waals surface area contributed by atoms with Gasteiger partial charge in [-0.2, -0.15) is 0 Å². The van der Waals surface area contributed by atoms with Gasteiger partial charge < -0.3 is 10.7 Å². The Kier molecular flexibility index (Phi) is 3.18. The first-order valence-corrected chi connectivity index (χ1v) is 6.71. The SMILES string of the molecule is Cn1c(=O)c2[nH]c(-c3c(Cl)nc(N)nc3Cl)nc2n(C)c1=O. The molecule has 3 heterocycles. The first-order chi connectivity index (χ1) is 10.3. The molecule has 0 radical (unpaired) electrons. The summed E-state index contributed by atoms with van der Waals surface area (Å²) in [5, 5.41) is -0.0308. The predicted octanol–water partition coefficient (Wildman–Crippen LogP) is 0.306. The Labute approximate surface area is 132 Å². The molecule has 9 nitrogen and oxygen atoms in total. The van der Waals surface area contributed by atoms with Crippen LogP contribution >= 0.6 is 23.2 Å². The van der Waals surface area contributed by atoms with E-state index in [1.807, 2.05) is 0 Å². The maximum absolute atomic E-state index is 12.1. The van der Waals surface area contributed by atoms with Gasteiger partial charge >= 0.3 is 5.69 Å². The van der Waals surface area contributed by atoms with Gasteiger partial charge in [0.15, 0.2) is 5.65 Å². The highest BCUT2D eigenvalue weighted by atomic mass is 35.5. The van der Waals surface area contributed by atoms with E-state index in [0.29, 0.717) is 0 Å². The summed E-state index contributed by atoms with van der Waals surface area (Å²) >= 11 is 12.0. The number of aromatic amines is 1. The van der Waals surface area contributed by atoms with Crippen molar-refractivity contribution in [2.24, 2.45) is 14.1 Å². The Morgan fingerprint density at radius 1 is 1.05 bits per heavy atom. The fourth-order valence-corrected chi connectivity index (χ4v) is 2.64. The summed E-state index contributed by atoms with van der Waals surface area (Å²) in [7, 11) is 2.87. The van der Waals surface area contributed by atoms with Gasteiger partial charge in [-0.1, -0.05) is 23.2 Å². The maximum Gasteiger partial charge on any atom is 0.332 e. The van der Waals surface area contributed by atoms with Crippen LogP contribution in [0.4, 0.5) is 5.95 Å². The van der Waals surface area contributed by atoms with Gasteiger partial charge in [0.1, 0.15) is 21.6 Å². The first kappa shape index (κ1) is 14.5. The minimum atomic E-state index is -0.513. The van der Waals surface area contributed by atoms with Gasteiger partial charge in [-0.05, 0) is 0 Å². The minimum Gasteiger partial charge on any atom is -0.368 e. The molecule has 3 N–H and O–H groups in total. The number of nitrogens with one attached hydrogen (secondary N) is 1. The molecule has 0 bridgehead atoms. The molecule has 0 fully saturated rings. The summed E-state index contributed by atoms with van der Waals surface area (Å²) in [5.41, 5.74) is 4.95. The fraction of sp³-hybridized carbons (Fsp3) is 0.182. The van der Waals surface area contributed by atoms with Crippen LogP contribution in [0, 0.1) is 0 Å². The number of halogens is 2. The van der Waals surface area contributed by atoms with E-state index in [4.69, 9.17) is 28.9 Å². The van der Waals surface area contributed by atoms with Crippen LogP contribution in [0.3, 0.4) is 0 Å². The Balaban J connectivity index is 2.41. The number of hydrogen-bond acceptors (Lipinski definition) is 6. The molecule has 114 valence electrons. The van der Waals surface area contributed by atoms with Crippen LogP contribution in [0.15, 0.2) is 9.59 Å². The Bertz CT molecular complexity index is 1010. The average molecular weight is 342 g/mol. The lowest BCUT2D eigenvalue weighted by Crippen LogP contribution is -2.36. The molecule has 0 unspecified atom stereocenters. The molecule has 0 spiro atoms. The van der Waals surface area contributed by atoms with E-state index in [9.17, 15) is 9.59 Å². The largest absolute Gasteiger partial charge is 0.368 e. The highest BCUT2D eigenvalue weighted by Crippen LogP contribution is 2.31. The van der Waals surface area contributed by atoms with Crippen molar-refractivity contribution in [1.82, 2.24) is 29.1 Å². The summed E-state index contributed by atoms with van der Waals surface area (Å²) in [5.74, 6) is 0.0847. The zero-order valence-corrected chi connectivity index (χ0v) is 12.9. The minimum absolute atomic E-state index is 0.0154. The molecule has 0 saturated carbocycles. The lowest BCUT2D eigenvalue weighted by atomic mass is 10.3. The number of hydrogen-bond donors (Lipinski definition) is 2. The van der Waals surface area contributed by atoms with E-state index >= 15 is 0 Å². The Morgan fingerprint density at radius 3 is 2.23 bits per heavy atom. The molecule has 0 saturated heterocycles. The number of rotatable bonds is 1. The second-order valence-electron chi connectivity index (χ2n) is 4.53. The van der Waals surface area contributed by atoms with Crippen LogP contribution in [0.2, 0.25) is 10.3 Å². The third-order valence-electron chi connectivity index (χ3n) is 3.17. The normalized spacial score (nSPS) is 11.3. The van der Waals surface area contributed by atoms with Crippen LogP contribution < -0.4 is 17.0 Å². The van der Waals surface area contributed by atoms with Crippen LogP contribution in [-0.2, 0) is 14.1 Å². The highest BCUT2D eigenvalue weighted by Gasteiger charge is 2.19. The van der Waals surface area contributed by atoms with E-state index in [-0.39, 0.29) is 38.8 Å². The van der Waals surface area contributed by atoms with Gasteiger partial charge in [-0.15, -0.1) is 0 Å². The predicted molar refractivity (Wildman–Crippen MR) is 82.0 cm³/mol. The molecule has 3 aromatic heterocycles. The molecule has 0 aliphatic rings. The maximum atomic E-state index is 12.1. The quantitative estimate of drug-likeness (QED) is 0.613. The Hall–Kier alpha value is -2.39. The zero-order valence-electron chi connectivity index (χ0n) is 11.4. The van der Waals surface area contributed by atoms with Crippen molar-refractivity contribution in [1.29, 1.82) is 0 Å². The topological polar surface area (TPSA) is 124 Å². The number of imidazole rings is 1. The number of nitrogens with zero attached hydrogens (tertiary/aromatic N) is 5. The molecule has 0 atom stereocenters. The molecule has 0 aliphatic carbocycles. The number of aromatic nitrogens is 6. The number of H-pyrrole nitrogens is 1. The van der Waals surface area contributed by atoms with Gasteiger partial charge in [-0.25, -0.2) is 19.7 Å². The van der Waals surface area contributed by atoms with Crippen molar-refractivity contribution in [3.63, 3.8) is 0 Å². The van der Waals surface area contributed by atoms with Crippen LogP contribution in [0.1, 0.15) is 0 Å². The van der Waals surface area contributed by atoms with E-state index in [0.717, 1.165) is 4.57 Å². The van der Waals surface area contributed by atoms with Crippen molar-refractivity contribution >= 4 is 40.3 Å². The van der Waals surface area contributed by atoms with Gasteiger partial charge in [0, 0.05) is 14.1 Å². The standard InChI is InChI=1S/C11H9Cl2N7O2/c1-19-8-4(9(21)20(2)11(19)22)15-7(18-8)3-5(12)16-10(14)17-6(3)13/h1-2H3,(H,15,18)(H2,14,16,17). The van der Waals surface area contributed by atoms with Crippen molar-refractivity contribution in [3.8, 4) is 11.4 Å². The summed E-state index contributed by atoms with van der Waals surface area (Å²) in [6.45, 7) is 0. The summed E-state index contributed by atoms with van der Waals surface area (Å²) in [6, 6.07) is 0. The van der Waals surface area contributed by atoms with Crippen LogP contribution in [-0.4, -0.2) is 29.1 Å². The zero-order chi connectivity index (χ0) is 16.2. The molecular weight excluding hydrogens is 333 g/mol. The third kappa shape index (κ3) is 1.97. The van der Waals surface area contributed by atoms with Gasteiger partial charge in [0.05, 0.1) is 5.56 Å². The smallest absolute Gasteiger partial charge is 0.332 e. The monoisotopic (exact) mass is 341 g/mol. The molecule has 0 aliphatic heterocycles. The number of anilines is 1. The van der Waals surface area contributed by atoms with E-state index in [1.165, 1.54) is 18.7 Å². The van der Waals surface area contributed by atoms with Gasteiger partial charge in [-0.3, -0.25) is 13.9 Å². The molecule has 0 amide bonds. The number of aryl methyl sites for hydroxylation is 1. The van der Waals surface area contributed by atoms with Gasteiger partial charge in [0.25, 0.3) is 5.56 Å². The first-order valence-electron chi connectivity index (χ1n) is 5.96. The van der Waals surface area contributed by atoms with Crippen molar-refractivity contribution in [2.45, 2.75) is 0 Å². The number of nitrogens with two attached hydrogens (primary N) is 1. The van der Waals surface area contributed by atoms with Crippen molar-refractivity contribution in [3.05, 3.63) is 31.1 Å². The molecule has 0 aromatic carbocycles. The summed E-state index contributed by atoms with van der Waals surface area (Å²) < 4.78 is 2.20. The average Bonchev–Trinajstić information content (AvgIpc) is 2.86. The second kappa shape index (κ2) is 4.82. The molecule has 11 heteroatoms. The highest BCUT2D eigenvalue weighted by molar-refractivity contribution is 6.37. The number of nitrogen functional groups attached to an aromatic ring is 1. The summed E-state index contributed by atoms with van der Waals surface area (Å²) in [4.78, 5) is 38.6. The van der Waals surface area contributed by atoms with Crippen molar-refractivity contribution < 1.29 is 0 Å². The summed E-state index contributed by atoms with van der Waals surface area (Å²) in [6.07, 6.45) is 0. The van der Waals surface area contributed by atoms with Crippen LogP contribution in [0.25, 0.3) is 22.6 Å². The Morgan fingerprint density at radius 2 is 1.64 bits per heavy atom. The fourth-order valence-electron chi connectivity index (χ4n) is 2.06. The van der Waals surface area contributed by atoms with Crippen molar-refractivity contribution in [2.75, 3.05) is 5.73 Å². The van der Waals surface area contributed by atoms with E-state index in [2.05, 4.69) is 19.9 Å². The number of fused-ring (bicyclic) bond motifs is 1. The van der Waals surface area contributed by atoms with E-state index in [1.54, 1.807) is 0 Å². The third-order valence-corrected chi connectivity index (χ3v) is 3.72.